The Labute approximate surface area is 272 Å². The van der Waals surface area contributed by atoms with Gasteiger partial charge in [-0.25, -0.2) is 9.98 Å². The van der Waals surface area contributed by atoms with Gasteiger partial charge in [-0.1, -0.05) is 140 Å². The third-order valence-corrected chi connectivity index (χ3v) is 8.95. The molecule has 0 saturated carbocycles. The average Bonchev–Trinajstić information content (AvgIpc) is 3.55. The molecule has 0 fully saturated rings. The zero-order valence-electron chi connectivity index (χ0n) is 25.5. The van der Waals surface area contributed by atoms with Crippen LogP contribution < -0.4 is 5.32 Å². The Morgan fingerprint density at radius 1 is 0.511 bits per heavy atom. The highest BCUT2D eigenvalue weighted by Gasteiger charge is 2.25. The molecule has 0 spiro atoms. The van der Waals surface area contributed by atoms with Gasteiger partial charge < -0.3 is 9.73 Å². The summed E-state index contributed by atoms with van der Waals surface area (Å²) in [5.74, 6) is 1.46. The SMILES string of the molecule is c1ccc(-c2ccc(-c3ccc(C4=NC(c5ccc6ccccc6c5)=NC(c5ccccc5)N4)c4c3oc3ccccc34)cc2)cc1. The second-order valence-electron chi connectivity index (χ2n) is 11.8. The number of benzene rings is 7. The standard InChI is InChI=1S/C43H29N3O/c1-3-11-28(12-4-1)30-19-22-31(23-20-30)35-25-26-37(39-36-17-9-10-18-38(36)47-40(35)39)43-45-41(32-14-5-2-6-15-32)44-42(46-43)34-24-21-29-13-7-8-16-33(29)27-34/h1-27,41H,(H,44,45,46). The van der Waals surface area contributed by atoms with Crippen molar-refractivity contribution < 1.29 is 4.42 Å². The van der Waals surface area contributed by atoms with Crippen molar-refractivity contribution in [3.8, 4) is 22.3 Å². The summed E-state index contributed by atoms with van der Waals surface area (Å²) in [6.07, 6.45) is -0.302. The van der Waals surface area contributed by atoms with Crippen LogP contribution >= 0.6 is 0 Å². The van der Waals surface area contributed by atoms with E-state index >= 15 is 0 Å². The first-order valence-corrected chi connectivity index (χ1v) is 15.9. The fraction of sp³-hybridized carbons (Fsp3) is 0.0233. The Morgan fingerprint density at radius 2 is 1.15 bits per heavy atom. The molecule has 1 N–H and O–H groups in total. The van der Waals surface area contributed by atoms with Gasteiger partial charge in [0.05, 0.1) is 0 Å². The van der Waals surface area contributed by atoms with E-state index in [0.29, 0.717) is 5.84 Å². The number of furan rings is 1. The van der Waals surface area contributed by atoms with Gasteiger partial charge in [0.25, 0.3) is 0 Å². The summed E-state index contributed by atoms with van der Waals surface area (Å²) in [7, 11) is 0. The van der Waals surface area contributed by atoms with E-state index in [1.54, 1.807) is 0 Å². The van der Waals surface area contributed by atoms with E-state index in [1.165, 1.54) is 16.5 Å². The third-order valence-electron chi connectivity index (χ3n) is 8.95. The molecule has 9 rings (SSSR count). The summed E-state index contributed by atoms with van der Waals surface area (Å²) in [6, 6.07) is 56.9. The molecule has 1 atom stereocenters. The highest BCUT2D eigenvalue weighted by Crippen LogP contribution is 2.39. The van der Waals surface area contributed by atoms with Crippen LogP contribution in [-0.2, 0) is 0 Å². The van der Waals surface area contributed by atoms with Crippen molar-refractivity contribution in [1.82, 2.24) is 5.32 Å². The zero-order chi connectivity index (χ0) is 31.2. The van der Waals surface area contributed by atoms with Crippen molar-refractivity contribution in [2.75, 3.05) is 0 Å². The lowest BCUT2D eigenvalue weighted by Crippen LogP contribution is -2.33. The summed E-state index contributed by atoms with van der Waals surface area (Å²) in [4.78, 5) is 10.3. The molecule has 7 aromatic carbocycles. The van der Waals surface area contributed by atoms with Gasteiger partial charge in [-0.3, -0.25) is 0 Å². The number of rotatable bonds is 5. The van der Waals surface area contributed by atoms with E-state index < -0.39 is 0 Å². The number of aliphatic imine (C=N–C) groups is 2. The van der Waals surface area contributed by atoms with E-state index in [2.05, 4.69) is 133 Å². The number of hydrogen-bond acceptors (Lipinski definition) is 4. The van der Waals surface area contributed by atoms with E-state index in [1.807, 2.05) is 36.4 Å². The fourth-order valence-electron chi connectivity index (χ4n) is 6.58. The number of para-hydroxylation sites is 1. The summed E-state index contributed by atoms with van der Waals surface area (Å²) < 4.78 is 6.64. The summed E-state index contributed by atoms with van der Waals surface area (Å²) in [5.41, 5.74) is 9.22. The molecule has 1 aliphatic rings. The molecular weight excluding hydrogens is 574 g/mol. The van der Waals surface area contributed by atoms with Crippen LogP contribution in [0.2, 0.25) is 0 Å². The highest BCUT2D eigenvalue weighted by molar-refractivity contribution is 6.23. The van der Waals surface area contributed by atoms with Crippen molar-refractivity contribution in [3.05, 3.63) is 180 Å². The van der Waals surface area contributed by atoms with E-state index in [0.717, 1.165) is 61.0 Å². The van der Waals surface area contributed by atoms with Crippen LogP contribution in [0.4, 0.5) is 0 Å². The predicted octanol–water partition coefficient (Wildman–Crippen LogP) is 10.6. The monoisotopic (exact) mass is 603 g/mol. The number of nitrogens with zero attached hydrogens (tertiary/aromatic N) is 2. The van der Waals surface area contributed by atoms with Crippen LogP contribution in [0.5, 0.6) is 0 Å². The molecule has 0 amide bonds. The van der Waals surface area contributed by atoms with Gasteiger partial charge in [0.15, 0.2) is 5.84 Å². The smallest absolute Gasteiger partial charge is 0.159 e. The van der Waals surface area contributed by atoms with Gasteiger partial charge >= 0.3 is 0 Å². The summed E-state index contributed by atoms with van der Waals surface area (Å²) >= 11 is 0. The van der Waals surface area contributed by atoms with Crippen molar-refractivity contribution in [1.29, 1.82) is 0 Å². The van der Waals surface area contributed by atoms with Gasteiger partial charge in [0.1, 0.15) is 23.2 Å². The molecule has 0 aliphatic carbocycles. The van der Waals surface area contributed by atoms with Gasteiger partial charge in [-0.2, -0.15) is 0 Å². The zero-order valence-corrected chi connectivity index (χ0v) is 25.5. The quantitative estimate of drug-likeness (QED) is 0.213. The Bertz CT molecular complexity index is 2480. The molecule has 1 unspecified atom stereocenters. The molecule has 0 radical (unpaired) electrons. The van der Waals surface area contributed by atoms with Crippen molar-refractivity contribution in [2.24, 2.45) is 9.98 Å². The molecule has 47 heavy (non-hydrogen) atoms. The normalized spacial score (nSPS) is 14.6. The van der Waals surface area contributed by atoms with Gasteiger partial charge in [-0.15, -0.1) is 0 Å². The molecule has 2 heterocycles. The Hall–Kier alpha value is -6.26. The van der Waals surface area contributed by atoms with Crippen LogP contribution in [0.3, 0.4) is 0 Å². The van der Waals surface area contributed by atoms with Crippen molar-refractivity contribution >= 4 is 44.4 Å². The first kappa shape index (κ1) is 27.1. The minimum Gasteiger partial charge on any atom is -0.455 e. The van der Waals surface area contributed by atoms with Gasteiger partial charge in [0, 0.05) is 27.5 Å². The minimum absolute atomic E-state index is 0.302. The average molecular weight is 604 g/mol. The Morgan fingerprint density at radius 3 is 1.98 bits per heavy atom. The molecule has 1 aromatic heterocycles. The number of nitrogens with one attached hydrogen (secondary N) is 1. The largest absolute Gasteiger partial charge is 0.455 e. The molecule has 0 bridgehead atoms. The lowest BCUT2D eigenvalue weighted by molar-refractivity contribution is 0.668. The van der Waals surface area contributed by atoms with Crippen LogP contribution in [0, 0.1) is 0 Å². The maximum Gasteiger partial charge on any atom is 0.159 e. The van der Waals surface area contributed by atoms with Crippen LogP contribution in [0.1, 0.15) is 22.9 Å². The van der Waals surface area contributed by atoms with Gasteiger partial charge in [-0.05, 0) is 57.3 Å². The third kappa shape index (κ3) is 4.88. The maximum absolute atomic E-state index is 6.64. The first-order valence-electron chi connectivity index (χ1n) is 15.9. The topological polar surface area (TPSA) is 49.9 Å². The fourth-order valence-corrected chi connectivity index (χ4v) is 6.58. The van der Waals surface area contributed by atoms with Crippen LogP contribution in [0.15, 0.2) is 178 Å². The van der Waals surface area contributed by atoms with Gasteiger partial charge in [0.2, 0.25) is 0 Å². The van der Waals surface area contributed by atoms with Crippen molar-refractivity contribution in [3.63, 3.8) is 0 Å². The molecule has 4 heteroatoms. The molecule has 0 saturated heterocycles. The van der Waals surface area contributed by atoms with E-state index in [9.17, 15) is 0 Å². The molecule has 4 nitrogen and oxygen atoms in total. The summed E-state index contributed by atoms with van der Waals surface area (Å²) in [6.45, 7) is 0. The maximum atomic E-state index is 6.64. The number of hydrogen-bond donors (Lipinski definition) is 1. The molecular formula is C43H29N3O. The Balaban J connectivity index is 1.21. The number of amidine groups is 2. The van der Waals surface area contributed by atoms with E-state index in [4.69, 9.17) is 14.4 Å². The van der Waals surface area contributed by atoms with E-state index in [-0.39, 0.29) is 6.17 Å². The lowest BCUT2D eigenvalue weighted by Gasteiger charge is -2.24. The minimum atomic E-state index is -0.302. The second-order valence-corrected chi connectivity index (χ2v) is 11.8. The highest BCUT2D eigenvalue weighted by atomic mass is 16.3. The number of fused-ring (bicyclic) bond motifs is 4. The predicted molar refractivity (Wildman–Crippen MR) is 194 cm³/mol. The first-order chi connectivity index (χ1) is 23.3. The van der Waals surface area contributed by atoms with Crippen LogP contribution in [-0.4, -0.2) is 11.7 Å². The second kappa shape index (κ2) is 11.3. The lowest BCUT2D eigenvalue weighted by atomic mass is 9.96. The molecule has 8 aromatic rings. The van der Waals surface area contributed by atoms with Crippen LogP contribution in [0.25, 0.3) is 55.0 Å². The molecule has 1 aliphatic heterocycles. The van der Waals surface area contributed by atoms with Crippen molar-refractivity contribution in [2.45, 2.75) is 6.17 Å². The Kier molecular flexibility index (Phi) is 6.50. The summed E-state index contributed by atoms with van der Waals surface area (Å²) in [5, 5.41) is 8.10. The molecule has 222 valence electrons.